The normalized spacial score (nSPS) is 18.8. The highest BCUT2D eigenvalue weighted by molar-refractivity contribution is 5.53. The second-order valence-electron chi connectivity index (χ2n) is 5.01. The van der Waals surface area contributed by atoms with E-state index in [-0.39, 0.29) is 0 Å². The van der Waals surface area contributed by atoms with E-state index in [9.17, 15) is 0 Å². The van der Waals surface area contributed by atoms with Crippen molar-refractivity contribution in [1.82, 2.24) is 0 Å². The maximum Gasteiger partial charge on any atom is -0.0131 e. The lowest BCUT2D eigenvalue weighted by Gasteiger charge is -2.23. The van der Waals surface area contributed by atoms with Crippen molar-refractivity contribution >= 4 is 6.08 Å². The van der Waals surface area contributed by atoms with Gasteiger partial charge in [0.25, 0.3) is 0 Å². The Labute approximate surface area is 98.0 Å². The first kappa shape index (κ1) is 10.9. The van der Waals surface area contributed by atoms with Crippen LogP contribution in [0.15, 0.2) is 60.2 Å². The predicted molar refractivity (Wildman–Crippen MR) is 71.1 cm³/mol. The molecule has 1 aromatic carbocycles. The minimum absolute atomic E-state index is 0.297. The fourth-order valence-corrected chi connectivity index (χ4v) is 1.96. The summed E-state index contributed by atoms with van der Waals surface area (Å²) in [5.41, 5.74) is 2.96. The molecular formula is C16H18. The van der Waals surface area contributed by atoms with Crippen LogP contribution in [0.2, 0.25) is 0 Å². The Hall–Kier alpha value is -1.56. The maximum absolute atomic E-state index is 2.27. The zero-order chi connectivity index (χ0) is 11.4. The van der Waals surface area contributed by atoms with E-state index < -0.39 is 0 Å². The monoisotopic (exact) mass is 210 g/mol. The standard InChI is InChI=1S/C16H18/c1-16(2)12-6-9-15(13-16)11-10-14-7-4-3-5-8-14/h3-12H,13H2,1-2H3. The van der Waals surface area contributed by atoms with Crippen LogP contribution in [0.1, 0.15) is 25.8 Å². The van der Waals surface area contributed by atoms with Gasteiger partial charge in [-0.3, -0.25) is 0 Å². The molecule has 0 heterocycles. The first-order valence-electron chi connectivity index (χ1n) is 5.77. The number of benzene rings is 1. The minimum Gasteiger partial charge on any atom is -0.0785 e. The highest BCUT2D eigenvalue weighted by Gasteiger charge is 2.16. The van der Waals surface area contributed by atoms with Gasteiger partial charge in [0.15, 0.2) is 0 Å². The van der Waals surface area contributed by atoms with Crippen molar-refractivity contribution in [1.29, 1.82) is 0 Å². The van der Waals surface area contributed by atoms with Gasteiger partial charge in [-0.2, -0.15) is 0 Å². The van der Waals surface area contributed by atoms with Crippen LogP contribution in [-0.4, -0.2) is 0 Å². The summed E-state index contributed by atoms with van der Waals surface area (Å²) in [6.07, 6.45) is 12.2. The smallest absolute Gasteiger partial charge is 0.0131 e. The molecule has 0 aromatic heterocycles. The summed E-state index contributed by atoms with van der Waals surface area (Å²) in [5, 5.41) is 0. The van der Waals surface area contributed by atoms with Gasteiger partial charge in [-0.25, -0.2) is 0 Å². The number of rotatable bonds is 2. The number of hydrogen-bond donors (Lipinski definition) is 0. The van der Waals surface area contributed by atoms with Crippen LogP contribution >= 0.6 is 0 Å². The van der Waals surface area contributed by atoms with Gasteiger partial charge >= 0.3 is 0 Å². The van der Waals surface area contributed by atoms with E-state index in [1.807, 2.05) is 6.07 Å². The summed E-state index contributed by atoms with van der Waals surface area (Å²) in [7, 11) is 0. The molecule has 82 valence electrons. The quantitative estimate of drug-likeness (QED) is 0.668. The summed E-state index contributed by atoms with van der Waals surface area (Å²) < 4.78 is 0. The Bertz CT molecular complexity index is 430. The first-order chi connectivity index (χ1) is 7.66. The summed E-state index contributed by atoms with van der Waals surface area (Å²) in [6, 6.07) is 10.4. The molecular weight excluding hydrogens is 192 g/mol. The van der Waals surface area contributed by atoms with Gasteiger partial charge in [0.2, 0.25) is 0 Å². The lowest BCUT2D eigenvalue weighted by molar-refractivity contribution is 0.475. The van der Waals surface area contributed by atoms with Crippen molar-refractivity contribution in [2.45, 2.75) is 20.3 Å². The molecule has 0 nitrogen and oxygen atoms in total. The molecule has 0 saturated heterocycles. The molecule has 0 radical (unpaired) electrons. The van der Waals surface area contributed by atoms with Gasteiger partial charge < -0.3 is 0 Å². The van der Waals surface area contributed by atoms with Gasteiger partial charge in [-0.05, 0) is 23.0 Å². The maximum atomic E-state index is 2.27. The van der Waals surface area contributed by atoms with Gasteiger partial charge in [-0.1, -0.05) is 74.6 Å². The molecule has 1 aliphatic carbocycles. The Balaban J connectivity index is 2.09. The molecule has 0 atom stereocenters. The van der Waals surface area contributed by atoms with E-state index >= 15 is 0 Å². The molecule has 0 N–H and O–H groups in total. The molecule has 0 heteroatoms. The zero-order valence-corrected chi connectivity index (χ0v) is 9.98. The van der Waals surface area contributed by atoms with Crippen LogP contribution in [0.4, 0.5) is 0 Å². The van der Waals surface area contributed by atoms with E-state index in [1.54, 1.807) is 0 Å². The fourth-order valence-electron chi connectivity index (χ4n) is 1.96. The first-order valence-corrected chi connectivity index (χ1v) is 5.77. The summed E-state index contributed by atoms with van der Waals surface area (Å²) in [5.74, 6) is 0. The van der Waals surface area contributed by atoms with Crippen molar-refractivity contribution < 1.29 is 0 Å². The number of hydrogen-bond acceptors (Lipinski definition) is 0. The van der Waals surface area contributed by atoms with Gasteiger partial charge in [-0.15, -0.1) is 0 Å². The molecule has 0 fully saturated rings. The molecule has 2 rings (SSSR count). The Kier molecular flexibility index (Phi) is 3.09. The van der Waals surface area contributed by atoms with Crippen molar-refractivity contribution in [3.8, 4) is 0 Å². The van der Waals surface area contributed by atoms with Gasteiger partial charge in [0.1, 0.15) is 0 Å². The average molecular weight is 210 g/mol. The van der Waals surface area contributed by atoms with Crippen molar-refractivity contribution in [3.05, 3.63) is 65.8 Å². The molecule has 0 unspecified atom stereocenters. The van der Waals surface area contributed by atoms with E-state index in [2.05, 4.69) is 68.5 Å². The van der Waals surface area contributed by atoms with Crippen LogP contribution in [-0.2, 0) is 0 Å². The van der Waals surface area contributed by atoms with Crippen LogP contribution < -0.4 is 0 Å². The van der Waals surface area contributed by atoms with Crippen molar-refractivity contribution in [3.63, 3.8) is 0 Å². The SMILES string of the molecule is CC1(C)C=CC=C(C=Cc2ccccc2)C1. The Morgan fingerprint density at radius 3 is 2.50 bits per heavy atom. The van der Waals surface area contributed by atoms with Crippen LogP contribution in [0.3, 0.4) is 0 Å². The van der Waals surface area contributed by atoms with Gasteiger partial charge in [0, 0.05) is 0 Å². The number of allylic oxidation sites excluding steroid dienone is 5. The topological polar surface area (TPSA) is 0 Å². The highest BCUT2D eigenvalue weighted by atomic mass is 14.2. The highest BCUT2D eigenvalue weighted by Crippen LogP contribution is 2.30. The van der Waals surface area contributed by atoms with E-state index in [4.69, 9.17) is 0 Å². The van der Waals surface area contributed by atoms with E-state index in [0.29, 0.717) is 5.41 Å². The minimum atomic E-state index is 0.297. The van der Waals surface area contributed by atoms with Crippen LogP contribution in [0, 0.1) is 5.41 Å². The van der Waals surface area contributed by atoms with Crippen molar-refractivity contribution in [2.75, 3.05) is 0 Å². The lowest BCUT2D eigenvalue weighted by Crippen LogP contribution is -2.10. The lowest BCUT2D eigenvalue weighted by atomic mass is 9.82. The molecule has 16 heavy (non-hydrogen) atoms. The molecule has 0 spiro atoms. The largest absolute Gasteiger partial charge is 0.0785 e. The van der Waals surface area contributed by atoms with Gasteiger partial charge in [0.05, 0.1) is 0 Å². The molecule has 0 aliphatic heterocycles. The Morgan fingerprint density at radius 2 is 1.81 bits per heavy atom. The van der Waals surface area contributed by atoms with Crippen LogP contribution in [0.25, 0.3) is 6.08 Å². The molecule has 1 aromatic rings. The molecule has 0 bridgehead atoms. The summed E-state index contributed by atoms with van der Waals surface area (Å²) >= 11 is 0. The van der Waals surface area contributed by atoms with E-state index in [0.717, 1.165) is 6.42 Å². The summed E-state index contributed by atoms with van der Waals surface area (Å²) in [6.45, 7) is 4.54. The van der Waals surface area contributed by atoms with Crippen molar-refractivity contribution in [2.24, 2.45) is 5.41 Å². The summed E-state index contributed by atoms with van der Waals surface area (Å²) in [4.78, 5) is 0. The average Bonchev–Trinajstić information content (AvgIpc) is 2.27. The van der Waals surface area contributed by atoms with Crippen LogP contribution in [0.5, 0.6) is 0 Å². The Morgan fingerprint density at radius 1 is 1.06 bits per heavy atom. The third kappa shape index (κ3) is 2.96. The fraction of sp³-hybridized carbons (Fsp3) is 0.250. The third-order valence-corrected chi connectivity index (χ3v) is 2.81. The molecule has 0 saturated carbocycles. The third-order valence-electron chi connectivity index (χ3n) is 2.81. The second kappa shape index (κ2) is 4.52. The van der Waals surface area contributed by atoms with E-state index in [1.165, 1.54) is 11.1 Å². The molecule has 0 amide bonds. The second-order valence-corrected chi connectivity index (χ2v) is 5.01. The predicted octanol–water partition coefficient (Wildman–Crippen LogP) is 4.61. The zero-order valence-electron chi connectivity index (χ0n) is 9.98. The molecule has 1 aliphatic rings.